The van der Waals surface area contributed by atoms with E-state index < -0.39 is 26.3 Å². The number of sulfone groups is 1. The maximum atomic E-state index is 12.8. The Hall–Kier alpha value is -2.13. The van der Waals surface area contributed by atoms with Gasteiger partial charge in [0.1, 0.15) is 0 Å². The summed E-state index contributed by atoms with van der Waals surface area (Å²) in [5.41, 5.74) is -3.80. The number of nitrogens with zero attached hydrogens (tertiary/aromatic N) is 1. The Kier molecular flexibility index (Phi) is 5.38. The molecule has 25 heavy (non-hydrogen) atoms. The van der Waals surface area contributed by atoms with Crippen LogP contribution in [0.2, 0.25) is 0 Å². The number of hydrogen-bond donors (Lipinski definition) is 2. The fourth-order valence-electron chi connectivity index (χ4n) is 2.32. The minimum atomic E-state index is -5.45. The first-order valence-electron chi connectivity index (χ1n) is 7.33. The van der Waals surface area contributed by atoms with Gasteiger partial charge in [0.05, 0.1) is 28.9 Å². The summed E-state index contributed by atoms with van der Waals surface area (Å²) in [6.45, 7) is 3.33. The lowest BCUT2D eigenvalue weighted by molar-refractivity contribution is -0.0435. The summed E-state index contributed by atoms with van der Waals surface area (Å²) in [7, 11) is -5.45. The summed E-state index contributed by atoms with van der Waals surface area (Å²) in [5.74, 6) is 0. The van der Waals surface area contributed by atoms with Gasteiger partial charge >= 0.3 is 5.51 Å². The zero-order valence-corrected chi connectivity index (χ0v) is 14.3. The average molecular weight is 374 g/mol. The molecular formula is C16H17F3N2O3S. The van der Waals surface area contributed by atoms with E-state index in [0.717, 1.165) is 6.07 Å². The number of halogens is 3. The van der Waals surface area contributed by atoms with Crippen LogP contribution in [0.1, 0.15) is 30.0 Å². The molecule has 9 heteroatoms. The first-order chi connectivity index (χ1) is 11.5. The SMILES string of the molecule is Cc1nc(CNc2ccccc2S(=O)(=O)C(F)(F)F)ccc1[C@@H](C)O. The molecule has 0 aliphatic heterocycles. The Balaban J connectivity index is 2.27. The van der Waals surface area contributed by atoms with Crippen molar-refractivity contribution in [3.63, 3.8) is 0 Å². The second-order valence-electron chi connectivity index (χ2n) is 5.45. The molecule has 2 rings (SSSR count). The van der Waals surface area contributed by atoms with Crippen molar-refractivity contribution in [3.8, 4) is 0 Å². The number of hydrogen-bond acceptors (Lipinski definition) is 5. The molecule has 0 unspecified atom stereocenters. The van der Waals surface area contributed by atoms with Crippen LogP contribution in [0, 0.1) is 6.92 Å². The van der Waals surface area contributed by atoms with E-state index in [2.05, 4.69) is 10.3 Å². The van der Waals surface area contributed by atoms with Gasteiger partial charge < -0.3 is 10.4 Å². The van der Waals surface area contributed by atoms with Crippen molar-refractivity contribution in [1.29, 1.82) is 0 Å². The number of alkyl halides is 3. The van der Waals surface area contributed by atoms with Gasteiger partial charge in [-0.25, -0.2) is 8.42 Å². The summed E-state index contributed by atoms with van der Waals surface area (Å²) >= 11 is 0. The topological polar surface area (TPSA) is 79.3 Å². The summed E-state index contributed by atoms with van der Waals surface area (Å²) in [6, 6.07) is 8.11. The number of aromatic nitrogens is 1. The van der Waals surface area contributed by atoms with E-state index in [1.165, 1.54) is 18.2 Å². The molecule has 0 amide bonds. The second kappa shape index (κ2) is 7.01. The zero-order chi connectivity index (χ0) is 18.8. The first kappa shape index (κ1) is 19.2. The van der Waals surface area contributed by atoms with E-state index in [1.807, 2.05) is 0 Å². The molecule has 136 valence electrons. The van der Waals surface area contributed by atoms with E-state index in [0.29, 0.717) is 17.0 Å². The van der Waals surface area contributed by atoms with E-state index in [9.17, 15) is 26.7 Å². The van der Waals surface area contributed by atoms with Gasteiger partial charge in [0, 0.05) is 11.3 Å². The zero-order valence-electron chi connectivity index (χ0n) is 13.5. The predicted octanol–water partition coefficient (Wildman–Crippen LogP) is 3.35. The molecule has 0 radical (unpaired) electrons. The number of pyridine rings is 1. The van der Waals surface area contributed by atoms with Crippen LogP contribution < -0.4 is 5.32 Å². The van der Waals surface area contributed by atoms with Crippen molar-refractivity contribution >= 4 is 15.5 Å². The Morgan fingerprint density at radius 2 is 1.84 bits per heavy atom. The lowest BCUT2D eigenvalue weighted by Crippen LogP contribution is -2.24. The summed E-state index contributed by atoms with van der Waals surface area (Å²) < 4.78 is 61.7. The third-order valence-electron chi connectivity index (χ3n) is 3.58. The molecule has 0 aliphatic rings. The molecule has 0 saturated heterocycles. The predicted molar refractivity (Wildman–Crippen MR) is 86.6 cm³/mol. The molecule has 5 nitrogen and oxygen atoms in total. The van der Waals surface area contributed by atoms with Crippen molar-refractivity contribution in [2.75, 3.05) is 5.32 Å². The Bertz CT molecular complexity index is 865. The molecule has 0 saturated carbocycles. The van der Waals surface area contributed by atoms with E-state index >= 15 is 0 Å². The van der Waals surface area contributed by atoms with E-state index in [4.69, 9.17) is 0 Å². The van der Waals surface area contributed by atoms with Gasteiger partial charge in [-0.05, 0) is 32.0 Å². The van der Waals surface area contributed by atoms with Crippen LogP contribution in [-0.2, 0) is 16.4 Å². The monoisotopic (exact) mass is 374 g/mol. The van der Waals surface area contributed by atoms with Crippen LogP contribution in [0.4, 0.5) is 18.9 Å². The van der Waals surface area contributed by atoms with Gasteiger partial charge in [-0.2, -0.15) is 13.2 Å². The van der Waals surface area contributed by atoms with Crippen LogP contribution >= 0.6 is 0 Å². The fourth-order valence-corrected chi connectivity index (χ4v) is 3.26. The normalized spacial score (nSPS) is 13.5. The fraction of sp³-hybridized carbons (Fsp3) is 0.312. The lowest BCUT2D eigenvalue weighted by Gasteiger charge is -2.15. The molecule has 1 heterocycles. The minimum Gasteiger partial charge on any atom is -0.389 e. The van der Waals surface area contributed by atoms with Gasteiger partial charge in [0.2, 0.25) is 0 Å². The highest BCUT2D eigenvalue weighted by molar-refractivity contribution is 7.92. The molecule has 0 spiro atoms. The molecule has 2 aromatic rings. The third kappa shape index (κ3) is 4.10. The van der Waals surface area contributed by atoms with E-state index in [1.54, 1.807) is 26.0 Å². The van der Waals surface area contributed by atoms with Crippen LogP contribution in [0.3, 0.4) is 0 Å². The van der Waals surface area contributed by atoms with Crippen molar-refractivity contribution < 1.29 is 26.7 Å². The summed E-state index contributed by atoms with van der Waals surface area (Å²) in [4.78, 5) is 3.42. The quantitative estimate of drug-likeness (QED) is 0.839. The van der Waals surface area contributed by atoms with Gasteiger partial charge in [-0.3, -0.25) is 4.98 Å². The number of aliphatic hydroxyl groups is 1. The summed E-state index contributed by atoms with van der Waals surface area (Å²) in [6.07, 6.45) is -0.688. The highest BCUT2D eigenvalue weighted by Crippen LogP contribution is 2.34. The molecule has 1 atom stereocenters. The Morgan fingerprint density at radius 1 is 1.20 bits per heavy atom. The first-order valence-corrected chi connectivity index (χ1v) is 8.81. The number of para-hydroxylation sites is 1. The molecule has 1 aromatic carbocycles. The van der Waals surface area contributed by atoms with E-state index in [-0.39, 0.29) is 12.2 Å². The molecular weight excluding hydrogens is 357 g/mol. The number of benzene rings is 1. The number of anilines is 1. The number of nitrogens with one attached hydrogen (secondary N) is 1. The van der Waals surface area contributed by atoms with Crippen LogP contribution in [0.5, 0.6) is 0 Å². The minimum absolute atomic E-state index is 0.0331. The maximum absolute atomic E-state index is 12.8. The number of aliphatic hydroxyl groups excluding tert-OH is 1. The maximum Gasteiger partial charge on any atom is 0.501 e. The number of aryl methyl sites for hydroxylation is 1. The standard InChI is InChI=1S/C16H17F3N2O3S/c1-10-13(11(2)22)8-7-12(21-10)9-20-14-5-3-4-6-15(14)25(23,24)16(17,18)19/h3-8,11,20,22H,9H2,1-2H3/t11-/m1/s1. The molecule has 0 fully saturated rings. The highest BCUT2D eigenvalue weighted by atomic mass is 32.2. The van der Waals surface area contributed by atoms with Crippen LogP contribution in [0.25, 0.3) is 0 Å². The summed E-state index contributed by atoms with van der Waals surface area (Å²) in [5, 5.41) is 12.3. The van der Waals surface area contributed by atoms with Crippen molar-refractivity contribution in [3.05, 3.63) is 53.3 Å². The second-order valence-corrected chi connectivity index (χ2v) is 7.36. The smallest absolute Gasteiger partial charge is 0.389 e. The molecule has 2 N–H and O–H groups in total. The number of rotatable bonds is 5. The van der Waals surface area contributed by atoms with Gasteiger partial charge in [-0.1, -0.05) is 18.2 Å². The Morgan fingerprint density at radius 3 is 2.40 bits per heavy atom. The van der Waals surface area contributed by atoms with Crippen LogP contribution in [-0.4, -0.2) is 24.0 Å². The highest BCUT2D eigenvalue weighted by Gasteiger charge is 2.47. The van der Waals surface area contributed by atoms with Gasteiger partial charge in [0.15, 0.2) is 0 Å². The van der Waals surface area contributed by atoms with Crippen molar-refractivity contribution in [2.24, 2.45) is 0 Å². The Labute approximate surface area is 143 Å². The molecule has 1 aromatic heterocycles. The molecule has 0 bridgehead atoms. The lowest BCUT2D eigenvalue weighted by atomic mass is 10.1. The van der Waals surface area contributed by atoms with Gasteiger partial charge in [-0.15, -0.1) is 0 Å². The molecule has 0 aliphatic carbocycles. The van der Waals surface area contributed by atoms with Crippen LogP contribution in [0.15, 0.2) is 41.3 Å². The third-order valence-corrected chi connectivity index (χ3v) is 5.12. The van der Waals surface area contributed by atoms with Crippen molar-refractivity contribution in [1.82, 2.24) is 4.98 Å². The average Bonchev–Trinajstić information content (AvgIpc) is 2.51. The van der Waals surface area contributed by atoms with Crippen molar-refractivity contribution in [2.45, 2.75) is 36.9 Å². The largest absolute Gasteiger partial charge is 0.501 e. The van der Waals surface area contributed by atoms with Gasteiger partial charge in [0.25, 0.3) is 9.84 Å².